The molecule has 0 fully saturated rings. The van der Waals surface area contributed by atoms with Crippen LogP contribution in [0.1, 0.15) is 12.0 Å². The Morgan fingerprint density at radius 3 is 3.16 bits per heavy atom. The Labute approximate surface area is 111 Å². The number of benzene rings is 1. The second kappa shape index (κ2) is 5.14. The number of imidazole rings is 1. The largest absolute Gasteiger partial charge is 0.492 e. The summed E-state index contributed by atoms with van der Waals surface area (Å²) < 4.78 is 7.64. The number of ether oxygens (including phenoxy) is 1. The molecular weight excluding hydrogens is 242 g/mol. The lowest BCUT2D eigenvalue weighted by Gasteiger charge is -2.17. The number of anilines is 1. The fraction of sp³-hybridized carbons (Fsp3) is 0.286. The van der Waals surface area contributed by atoms with E-state index < -0.39 is 0 Å². The molecule has 1 amide bonds. The summed E-state index contributed by atoms with van der Waals surface area (Å²) in [7, 11) is 0. The minimum atomic E-state index is 0.0723. The van der Waals surface area contributed by atoms with Gasteiger partial charge in [0.15, 0.2) is 0 Å². The van der Waals surface area contributed by atoms with Crippen LogP contribution in [-0.4, -0.2) is 22.1 Å². The lowest BCUT2D eigenvalue weighted by Crippen LogP contribution is -2.19. The highest BCUT2D eigenvalue weighted by atomic mass is 16.5. The molecule has 0 unspecified atom stereocenters. The highest BCUT2D eigenvalue weighted by Gasteiger charge is 2.14. The van der Waals surface area contributed by atoms with Crippen LogP contribution in [0.4, 0.5) is 5.69 Å². The van der Waals surface area contributed by atoms with Crippen molar-refractivity contribution < 1.29 is 9.53 Å². The maximum Gasteiger partial charge on any atom is 0.224 e. The molecule has 1 aliphatic heterocycles. The number of rotatable bonds is 4. The lowest BCUT2D eigenvalue weighted by atomic mass is 10.0. The van der Waals surface area contributed by atoms with Crippen molar-refractivity contribution in [2.45, 2.75) is 19.4 Å². The normalized spacial score (nSPS) is 13.8. The minimum absolute atomic E-state index is 0.0723. The van der Waals surface area contributed by atoms with E-state index in [0.717, 1.165) is 24.4 Å². The third-order valence-corrected chi connectivity index (χ3v) is 3.15. The maximum atomic E-state index is 11.3. The van der Waals surface area contributed by atoms with Crippen molar-refractivity contribution in [2.24, 2.45) is 0 Å². The molecule has 1 aromatic heterocycles. The van der Waals surface area contributed by atoms with Crippen molar-refractivity contribution in [2.75, 3.05) is 11.9 Å². The summed E-state index contributed by atoms with van der Waals surface area (Å²) in [4.78, 5) is 15.3. The Hall–Kier alpha value is -2.30. The molecule has 0 spiro atoms. The molecule has 5 nitrogen and oxygen atoms in total. The summed E-state index contributed by atoms with van der Waals surface area (Å²) in [5.74, 6) is 0.851. The number of nitrogens with one attached hydrogen (secondary N) is 1. The molecule has 0 atom stereocenters. The van der Waals surface area contributed by atoms with Gasteiger partial charge in [0.25, 0.3) is 0 Å². The zero-order valence-electron chi connectivity index (χ0n) is 10.5. The number of carbonyl (C=O) groups excluding carboxylic acids is 1. The molecule has 19 heavy (non-hydrogen) atoms. The van der Waals surface area contributed by atoms with Gasteiger partial charge in [-0.3, -0.25) is 4.79 Å². The lowest BCUT2D eigenvalue weighted by molar-refractivity contribution is -0.116. The zero-order chi connectivity index (χ0) is 13.1. The molecule has 0 bridgehead atoms. The molecule has 0 saturated carbocycles. The number of hydrogen-bond acceptors (Lipinski definition) is 3. The molecule has 98 valence electrons. The Kier molecular flexibility index (Phi) is 3.18. The third kappa shape index (κ3) is 2.76. The molecule has 1 N–H and O–H groups in total. The summed E-state index contributed by atoms with van der Waals surface area (Å²) >= 11 is 0. The molecule has 1 aliphatic rings. The van der Waals surface area contributed by atoms with Crippen molar-refractivity contribution >= 4 is 11.6 Å². The first kappa shape index (κ1) is 11.8. The van der Waals surface area contributed by atoms with Crippen LogP contribution < -0.4 is 10.1 Å². The Balaban J connectivity index is 1.62. The van der Waals surface area contributed by atoms with E-state index in [2.05, 4.69) is 10.3 Å². The SMILES string of the molecule is O=C1CCc2ccc(OCCn3ccnc3)cc2N1. The summed E-state index contributed by atoms with van der Waals surface area (Å²) in [5, 5.41) is 2.87. The third-order valence-electron chi connectivity index (χ3n) is 3.15. The molecule has 0 aliphatic carbocycles. The van der Waals surface area contributed by atoms with Gasteiger partial charge in [0.1, 0.15) is 12.4 Å². The van der Waals surface area contributed by atoms with Crippen LogP contribution in [0.15, 0.2) is 36.9 Å². The van der Waals surface area contributed by atoms with Gasteiger partial charge >= 0.3 is 0 Å². The summed E-state index contributed by atoms with van der Waals surface area (Å²) in [6.45, 7) is 1.33. The average molecular weight is 257 g/mol. The van der Waals surface area contributed by atoms with Gasteiger partial charge in [0.05, 0.1) is 12.9 Å². The highest BCUT2D eigenvalue weighted by molar-refractivity contribution is 5.94. The first-order chi connectivity index (χ1) is 9.31. The summed E-state index contributed by atoms with van der Waals surface area (Å²) in [6.07, 6.45) is 6.77. The highest BCUT2D eigenvalue weighted by Crippen LogP contribution is 2.27. The van der Waals surface area contributed by atoms with E-state index in [-0.39, 0.29) is 5.91 Å². The Bertz CT molecular complexity index is 578. The van der Waals surface area contributed by atoms with Gasteiger partial charge in [-0.2, -0.15) is 0 Å². The van der Waals surface area contributed by atoms with Crippen LogP contribution in [0, 0.1) is 0 Å². The van der Waals surface area contributed by atoms with E-state index in [1.54, 1.807) is 12.5 Å². The van der Waals surface area contributed by atoms with Gasteiger partial charge in [-0.25, -0.2) is 4.98 Å². The average Bonchev–Trinajstić information content (AvgIpc) is 2.91. The number of aromatic nitrogens is 2. The molecule has 1 aromatic carbocycles. The van der Waals surface area contributed by atoms with Crippen LogP contribution in [0.5, 0.6) is 5.75 Å². The molecule has 0 radical (unpaired) electrons. The standard InChI is InChI=1S/C14H15N3O2/c18-14-4-2-11-1-3-12(9-13(11)16-14)19-8-7-17-6-5-15-10-17/h1,3,5-6,9-10H,2,4,7-8H2,(H,16,18). The minimum Gasteiger partial charge on any atom is -0.492 e. The zero-order valence-corrected chi connectivity index (χ0v) is 10.5. The molecular formula is C14H15N3O2. The fourth-order valence-electron chi connectivity index (χ4n) is 2.13. The fourth-order valence-corrected chi connectivity index (χ4v) is 2.13. The summed E-state index contributed by atoms with van der Waals surface area (Å²) in [5.41, 5.74) is 2.04. The predicted octanol–water partition coefficient (Wildman–Crippen LogP) is 1.85. The second-order valence-electron chi connectivity index (χ2n) is 4.52. The van der Waals surface area contributed by atoms with Crippen LogP contribution in [0.25, 0.3) is 0 Å². The number of fused-ring (bicyclic) bond motifs is 1. The van der Waals surface area contributed by atoms with E-state index in [1.807, 2.05) is 29.0 Å². The van der Waals surface area contributed by atoms with Gasteiger partial charge in [-0.05, 0) is 18.1 Å². The number of aryl methyl sites for hydroxylation is 1. The molecule has 5 heteroatoms. The molecule has 0 saturated heterocycles. The first-order valence-corrected chi connectivity index (χ1v) is 6.32. The van der Waals surface area contributed by atoms with Gasteiger partial charge < -0.3 is 14.6 Å². The van der Waals surface area contributed by atoms with Crippen LogP contribution in [0.2, 0.25) is 0 Å². The Morgan fingerprint density at radius 1 is 1.37 bits per heavy atom. The number of carbonyl (C=O) groups is 1. The van der Waals surface area contributed by atoms with E-state index >= 15 is 0 Å². The van der Waals surface area contributed by atoms with Crippen molar-refractivity contribution in [3.05, 3.63) is 42.5 Å². The molecule has 3 rings (SSSR count). The quantitative estimate of drug-likeness (QED) is 0.909. The van der Waals surface area contributed by atoms with Gasteiger partial charge in [0.2, 0.25) is 5.91 Å². The van der Waals surface area contributed by atoms with Gasteiger partial charge in [-0.15, -0.1) is 0 Å². The topological polar surface area (TPSA) is 56.2 Å². The van der Waals surface area contributed by atoms with Crippen LogP contribution in [0.3, 0.4) is 0 Å². The molecule has 2 aromatic rings. The van der Waals surface area contributed by atoms with Crippen molar-refractivity contribution in [3.8, 4) is 5.75 Å². The number of nitrogens with zero attached hydrogens (tertiary/aromatic N) is 2. The smallest absolute Gasteiger partial charge is 0.224 e. The predicted molar refractivity (Wildman–Crippen MR) is 71.1 cm³/mol. The van der Waals surface area contributed by atoms with Crippen LogP contribution >= 0.6 is 0 Å². The van der Waals surface area contributed by atoms with Crippen molar-refractivity contribution in [3.63, 3.8) is 0 Å². The maximum absolute atomic E-state index is 11.3. The second-order valence-corrected chi connectivity index (χ2v) is 4.52. The molecule has 2 heterocycles. The summed E-state index contributed by atoms with van der Waals surface area (Å²) in [6, 6.07) is 5.85. The number of hydrogen-bond donors (Lipinski definition) is 1. The Morgan fingerprint density at radius 2 is 2.32 bits per heavy atom. The van der Waals surface area contributed by atoms with Gasteiger partial charge in [-0.1, -0.05) is 6.07 Å². The van der Waals surface area contributed by atoms with E-state index in [0.29, 0.717) is 13.0 Å². The van der Waals surface area contributed by atoms with Crippen LogP contribution in [-0.2, 0) is 17.8 Å². The number of amides is 1. The van der Waals surface area contributed by atoms with Crippen molar-refractivity contribution in [1.29, 1.82) is 0 Å². The van der Waals surface area contributed by atoms with E-state index in [9.17, 15) is 4.79 Å². The first-order valence-electron chi connectivity index (χ1n) is 6.32. The van der Waals surface area contributed by atoms with E-state index in [4.69, 9.17) is 4.74 Å². The van der Waals surface area contributed by atoms with E-state index in [1.165, 1.54) is 5.56 Å². The van der Waals surface area contributed by atoms with Crippen molar-refractivity contribution in [1.82, 2.24) is 9.55 Å². The monoisotopic (exact) mass is 257 g/mol. The van der Waals surface area contributed by atoms with Gasteiger partial charge in [0, 0.05) is 30.6 Å².